The van der Waals surface area contributed by atoms with E-state index < -0.39 is 0 Å². The van der Waals surface area contributed by atoms with Gasteiger partial charge in [0.2, 0.25) is 5.88 Å². The van der Waals surface area contributed by atoms with Crippen LogP contribution in [0.5, 0.6) is 5.88 Å². The lowest BCUT2D eigenvalue weighted by Gasteiger charge is -2.24. The van der Waals surface area contributed by atoms with Crippen molar-refractivity contribution < 1.29 is 13.9 Å². The standard InChI is InChI=1S/C18H22FN3O2/c1-21-12-16(17(20-21)24-2)18(23)22-10-4-3-5-14(11-22)13-6-8-15(19)9-7-13/h6-9,12,14H,3-5,10-11H2,1-2H3/t14-/m0/s1. The lowest BCUT2D eigenvalue weighted by Crippen LogP contribution is -2.34. The molecule has 0 radical (unpaired) electrons. The Kier molecular flexibility index (Phi) is 4.83. The molecule has 0 saturated carbocycles. The Morgan fingerprint density at radius 2 is 2.04 bits per heavy atom. The molecule has 1 aromatic heterocycles. The van der Waals surface area contributed by atoms with Crippen molar-refractivity contribution in [3.63, 3.8) is 0 Å². The molecule has 2 aromatic rings. The van der Waals surface area contributed by atoms with Gasteiger partial charge in [-0.05, 0) is 30.5 Å². The first-order valence-corrected chi connectivity index (χ1v) is 8.21. The molecule has 0 unspecified atom stereocenters. The van der Waals surface area contributed by atoms with Crippen LogP contribution < -0.4 is 4.74 Å². The predicted octanol–water partition coefficient (Wildman–Crippen LogP) is 2.98. The zero-order valence-electron chi connectivity index (χ0n) is 14.0. The fourth-order valence-electron chi connectivity index (χ4n) is 3.27. The van der Waals surface area contributed by atoms with Gasteiger partial charge in [-0.2, -0.15) is 0 Å². The molecule has 1 aliphatic heterocycles. The number of rotatable bonds is 3. The number of methoxy groups -OCH3 is 1. The number of aromatic nitrogens is 2. The minimum absolute atomic E-state index is 0.0611. The molecule has 0 N–H and O–H groups in total. The highest BCUT2D eigenvalue weighted by molar-refractivity contribution is 5.96. The maximum absolute atomic E-state index is 13.2. The summed E-state index contributed by atoms with van der Waals surface area (Å²) in [7, 11) is 3.28. The minimum Gasteiger partial charge on any atom is -0.479 e. The van der Waals surface area contributed by atoms with E-state index in [1.165, 1.54) is 19.2 Å². The van der Waals surface area contributed by atoms with Gasteiger partial charge in [-0.15, -0.1) is 5.10 Å². The molecule has 1 aromatic carbocycles. The van der Waals surface area contributed by atoms with Gasteiger partial charge in [-0.3, -0.25) is 9.48 Å². The van der Waals surface area contributed by atoms with Gasteiger partial charge in [0, 0.05) is 32.3 Å². The number of likely N-dealkylation sites (tertiary alicyclic amines) is 1. The molecule has 1 amide bonds. The van der Waals surface area contributed by atoms with Gasteiger partial charge in [-0.25, -0.2) is 4.39 Å². The van der Waals surface area contributed by atoms with E-state index in [1.54, 1.807) is 17.9 Å². The summed E-state index contributed by atoms with van der Waals surface area (Å²) in [5.74, 6) is 0.277. The Balaban J connectivity index is 1.81. The number of carbonyl (C=O) groups is 1. The molecule has 0 aliphatic carbocycles. The third-order valence-electron chi connectivity index (χ3n) is 4.52. The van der Waals surface area contributed by atoms with Crippen LogP contribution in [-0.2, 0) is 7.05 Å². The number of benzene rings is 1. The summed E-state index contributed by atoms with van der Waals surface area (Å²) in [4.78, 5) is 14.8. The summed E-state index contributed by atoms with van der Waals surface area (Å²) in [5.41, 5.74) is 1.56. The molecule has 6 heteroatoms. The van der Waals surface area contributed by atoms with Crippen molar-refractivity contribution in [1.82, 2.24) is 14.7 Å². The van der Waals surface area contributed by atoms with Crippen molar-refractivity contribution in [2.45, 2.75) is 25.2 Å². The number of amides is 1. The first kappa shape index (κ1) is 16.5. The van der Waals surface area contributed by atoms with E-state index in [4.69, 9.17) is 4.74 Å². The van der Waals surface area contributed by atoms with Gasteiger partial charge in [0.05, 0.1) is 7.11 Å². The van der Waals surface area contributed by atoms with Gasteiger partial charge in [-0.1, -0.05) is 18.6 Å². The number of hydrogen-bond acceptors (Lipinski definition) is 3. The van der Waals surface area contributed by atoms with E-state index in [9.17, 15) is 9.18 Å². The van der Waals surface area contributed by atoms with E-state index >= 15 is 0 Å². The van der Waals surface area contributed by atoms with Crippen LogP contribution in [0, 0.1) is 5.82 Å². The van der Waals surface area contributed by atoms with Crippen molar-refractivity contribution in [2.75, 3.05) is 20.2 Å². The van der Waals surface area contributed by atoms with Crippen LogP contribution in [0.3, 0.4) is 0 Å². The number of aryl methyl sites for hydroxylation is 1. The van der Waals surface area contributed by atoms with Crippen LogP contribution in [-0.4, -0.2) is 40.8 Å². The fourth-order valence-corrected chi connectivity index (χ4v) is 3.27. The number of carbonyl (C=O) groups excluding carboxylic acids is 1. The Bertz CT molecular complexity index is 712. The lowest BCUT2D eigenvalue weighted by atomic mass is 9.94. The van der Waals surface area contributed by atoms with Crippen LogP contribution in [0.4, 0.5) is 4.39 Å². The van der Waals surface area contributed by atoms with Gasteiger partial charge in [0.1, 0.15) is 11.4 Å². The highest BCUT2D eigenvalue weighted by Gasteiger charge is 2.27. The Morgan fingerprint density at radius 1 is 1.29 bits per heavy atom. The summed E-state index contributed by atoms with van der Waals surface area (Å²) in [5, 5.41) is 4.16. The molecule has 1 fully saturated rings. The zero-order valence-corrected chi connectivity index (χ0v) is 14.0. The molecule has 0 spiro atoms. The van der Waals surface area contributed by atoms with E-state index in [0.29, 0.717) is 24.5 Å². The first-order valence-electron chi connectivity index (χ1n) is 8.21. The van der Waals surface area contributed by atoms with Gasteiger partial charge < -0.3 is 9.64 Å². The number of nitrogens with zero attached hydrogens (tertiary/aromatic N) is 3. The summed E-state index contributed by atoms with van der Waals surface area (Å²) in [6.07, 6.45) is 4.71. The summed E-state index contributed by atoms with van der Waals surface area (Å²) >= 11 is 0. The number of hydrogen-bond donors (Lipinski definition) is 0. The monoisotopic (exact) mass is 331 g/mol. The van der Waals surface area contributed by atoms with Gasteiger partial charge >= 0.3 is 0 Å². The smallest absolute Gasteiger partial charge is 0.260 e. The lowest BCUT2D eigenvalue weighted by molar-refractivity contribution is 0.0751. The van der Waals surface area contributed by atoms with E-state index in [-0.39, 0.29) is 17.6 Å². The second-order valence-electron chi connectivity index (χ2n) is 6.22. The van der Waals surface area contributed by atoms with Crippen LogP contribution in [0.2, 0.25) is 0 Å². The van der Waals surface area contributed by atoms with Crippen molar-refractivity contribution >= 4 is 5.91 Å². The van der Waals surface area contributed by atoms with Crippen LogP contribution in [0.25, 0.3) is 0 Å². The molecular weight excluding hydrogens is 309 g/mol. The first-order chi connectivity index (χ1) is 11.6. The Morgan fingerprint density at radius 3 is 2.75 bits per heavy atom. The predicted molar refractivity (Wildman–Crippen MR) is 88.7 cm³/mol. The number of halogens is 1. The molecule has 2 heterocycles. The molecule has 128 valence electrons. The Labute approximate surface area is 141 Å². The van der Waals surface area contributed by atoms with Crippen molar-refractivity contribution in [3.8, 4) is 5.88 Å². The highest BCUT2D eigenvalue weighted by atomic mass is 19.1. The van der Waals surface area contributed by atoms with Crippen LogP contribution in [0.15, 0.2) is 30.5 Å². The second-order valence-corrected chi connectivity index (χ2v) is 6.22. The van der Waals surface area contributed by atoms with Gasteiger partial charge in [0.15, 0.2) is 0 Å². The minimum atomic E-state index is -0.236. The van der Waals surface area contributed by atoms with Gasteiger partial charge in [0.25, 0.3) is 5.91 Å². The second kappa shape index (κ2) is 7.03. The summed E-state index contributed by atoms with van der Waals surface area (Å²) < 4.78 is 20.0. The quantitative estimate of drug-likeness (QED) is 0.869. The fraction of sp³-hybridized carbons (Fsp3) is 0.444. The maximum atomic E-state index is 13.2. The molecule has 0 bridgehead atoms. The summed E-state index contributed by atoms with van der Waals surface area (Å²) in [6, 6.07) is 6.60. The molecule has 1 atom stereocenters. The van der Waals surface area contributed by atoms with Crippen molar-refractivity contribution in [3.05, 3.63) is 47.4 Å². The van der Waals surface area contributed by atoms with Crippen LogP contribution in [0.1, 0.15) is 41.1 Å². The van der Waals surface area contributed by atoms with E-state index in [0.717, 1.165) is 24.8 Å². The van der Waals surface area contributed by atoms with E-state index in [1.807, 2.05) is 17.0 Å². The molecule has 5 nitrogen and oxygen atoms in total. The SMILES string of the molecule is COc1nn(C)cc1C(=O)N1CCCC[C@H](c2ccc(F)cc2)C1. The summed E-state index contributed by atoms with van der Waals surface area (Å²) in [6.45, 7) is 1.34. The molecular formula is C18H22FN3O2. The Hall–Kier alpha value is -2.37. The molecule has 24 heavy (non-hydrogen) atoms. The molecule has 1 aliphatic rings. The van der Waals surface area contributed by atoms with Crippen LogP contribution >= 0.6 is 0 Å². The van der Waals surface area contributed by atoms with Crippen molar-refractivity contribution in [1.29, 1.82) is 0 Å². The topological polar surface area (TPSA) is 47.4 Å². The third kappa shape index (κ3) is 3.42. The molecule has 1 saturated heterocycles. The number of ether oxygens (including phenoxy) is 1. The third-order valence-corrected chi connectivity index (χ3v) is 4.52. The zero-order chi connectivity index (χ0) is 17.1. The largest absolute Gasteiger partial charge is 0.479 e. The van der Waals surface area contributed by atoms with E-state index in [2.05, 4.69) is 5.10 Å². The average Bonchev–Trinajstić information content (AvgIpc) is 2.80. The molecule has 3 rings (SSSR count). The maximum Gasteiger partial charge on any atom is 0.260 e. The normalized spacial score (nSPS) is 18.3. The highest BCUT2D eigenvalue weighted by Crippen LogP contribution is 2.28. The average molecular weight is 331 g/mol. The van der Waals surface area contributed by atoms with Crippen molar-refractivity contribution in [2.24, 2.45) is 7.05 Å².